The zero-order valence-corrected chi connectivity index (χ0v) is 9.25. The third-order valence-corrected chi connectivity index (χ3v) is 3.69. The Labute approximate surface area is 92.9 Å². The number of aliphatic carboxylic acids is 1. The Hall–Kier alpha value is -1.00. The highest BCUT2D eigenvalue weighted by Crippen LogP contribution is 2.32. The van der Waals surface area contributed by atoms with Gasteiger partial charge < -0.3 is 5.11 Å². The highest BCUT2D eigenvalue weighted by Gasteiger charge is 2.30. The van der Waals surface area contributed by atoms with Crippen LogP contribution in [-0.4, -0.2) is 22.9 Å². The molecule has 0 spiro atoms. The molecule has 2 atom stereocenters. The van der Waals surface area contributed by atoms with Gasteiger partial charge in [-0.1, -0.05) is 29.8 Å². The summed E-state index contributed by atoms with van der Waals surface area (Å²) in [4.78, 5) is 10.8. The maximum atomic E-state index is 10.8. The molecule has 0 aliphatic carbocycles. The van der Waals surface area contributed by atoms with E-state index in [0.717, 1.165) is 5.56 Å². The smallest absolute Gasteiger partial charge is 0.321 e. The number of hydrogen-bond donors (Lipinski definition) is 2. The number of rotatable bonds is 2. The van der Waals surface area contributed by atoms with Gasteiger partial charge in [0.1, 0.15) is 6.04 Å². The molecule has 1 aliphatic rings. The number of carboxylic acid groups (broad SMARTS) is 1. The molecule has 0 amide bonds. The molecule has 3 nitrogen and oxygen atoms in total. The fourth-order valence-electron chi connectivity index (χ4n) is 1.64. The van der Waals surface area contributed by atoms with Crippen molar-refractivity contribution in [1.82, 2.24) is 5.32 Å². The van der Waals surface area contributed by atoms with E-state index in [1.807, 2.05) is 25.1 Å². The summed E-state index contributed by atoms with van der Waals surface area (Å²) in [6.45, 7) is 2.04. The number of carbonyl (C=O) groups is 1. The van der Waals surface area contributed by atoms with Crippen LogP contribution >= 0.6 is 11.8 Å². The third kappa shape index (κ3) is 2.33. The van der Waals surface area contributed by atoms with E-state index < -0.39 is 12.0 Å². The van der Waals surface area contributed by atoms with Crippen molar-refractivity contribution in [1.29, 1.82) is 0 Å². The molecule has 0 saturated carbocycles. The molecule has 2 rings (SSSR count). The predicted octanol–water partition coefficient (Wildman–Crippen LogP) is 1.78. The van der Waals surface area contributed by atoms with Crippen molar-refractivity contribution in [3.05, 3.63) is 35.4 Å². The molecule has 2 N–H and O–H groups in total. The van der Waals surface area contributed by atoms with Crippen molar-refractivity contribution in [2.75, 3.05) is 5.75 Å². The second kappa shape index (κ2) is 4.24. The molecule has 1 heterocycles. The van der Waals surface area contributed by atoms with Gasteiger partial charge in [-0.05, 0) is 12.5 Å². The van der Waals surface area contributed by atoms with Crippen molar-refractivity contribution in [2.45, 2.75) is 18.3 Å². The van der Waals surface area contributed by atoms with Crippen molar-refractivity contribution in [2.24, 2.45) is 0 Å². The molecule has 1 unspecified atom stereocenters. The van der Waals surface area contributed by atoms with E-state index in [2.05, 4.69) is 11.4 Å². The Morgan fingerprint density at radius 3 is 3.00 bits per heavy atom. The van der Waals surface area contributed by atoms with Crippen LogP contribution in [0.3, 0.4) is 0 Å². The standard InChI is InChI=1S/C11H13NO2S/c1-7-3-2-4-8(5-7)10-12-9(6-15-10)11(13)14/h2-5,9-10,12H,6H2,1H3,(H,13,14)/t9-,10?/m0/s1. The molecule has 1 aromatic rings. The number of nitrogens with one attached hydrogen (secondary N) is 1. The molecule has 4 heteroatoms. The minimum atomic E-state index is -0.766. The van der Waals surface area contributed by atoms with E-state index in [-0.39, 0.29) is 5.37 Å². The van der Waals surface area contributed by atoms with E-state index >= 15 is 0 Å². The molecule has 0 aromatic heterocycles. The van der Waals surface area contributed by atoms with E-state index in [0.29, 0.717) is 5.75 Å². The van der Waals surface area contributed by atoms with Crippen LogP contribution in [0.1, 0.15) is 16.5 Å². The quantitative estimate of drug-likeness (QED) is 0.802. The third-order valence-electron chi connectivity index (χ3n) is 2.43. The largest absolute Gasteiger partial charge is 0.480 e. The first kappa shape index (κ1) is 10.5. The number of hydrogen-bond acceptors (Lipinski definition) is 3. The van der Waals surface area contributed by atoms with Crippen molar-refractivity contribution < 1.29 is 9.90 Å². The van der Waals surface area contributed by atoms with Gasteiger partial charge in [-0.2, -0.15) is 0 Å². The molecule has 0 radical (unpaired) electrons. The van der Waals surface area contributed by atoms with E-state index in [9.17, 15) is 4.79 Å². The zero-order valence-electron chi connectivity index (χ0n) is 8.43. The first-order valence-electron chi connectivity index (χ1n) is 4.84. The molecule has 1 saturated heterocycles. The Balaban J connectivity index is 2.11. The van der Waals surface area contributed by atoms with Crippen LogP contribution in [0.15, 0.2) is 24.3 Å². The lowest BCUT2D eigenvalue weighted by atomic mass is 10.1. The van der Waals surface area contributed by atoms with Gasteiger partial charge in [-0.3, -0.25) is 10.1 Å². The Bertz CT molecular complexity index is 381. The van der Waals surface area contributed by atoms with Gasteiger partial charge in [0.05, 0.1) is 5.37 Å². The summed E-state index contributed by atoms with van der Waals surface area (Å²) in [6, 6.07) is 7.75. The van der Waals surface area contributed by atoms with Crippen LogP contribution in [0.5, 0.6) is 0 Å². The van der Waals surface area contributed by atoms with Gasteiger partial charge in [-0.15, -0.1) is 11.8 Å². The lowest BCUT2D eigenvalue weighted by Crippen LogP contribution is -2.33. The highest BCUT2D eigenvalue weighted by atomic mass is 32.2. The monoisotopic (exact) mass is 223 g/mol. The first-order chi connectivity index (χ1) is 7.16. The van der Waals surface area contributed by atoms with Crippen molar-refractivity contribution in [3.63, 3.8) is 0 Å². The number of carboxylic acids is 1. The van der Waals surface area contributed by atoms with Crippen LogP contribution in [0.2, 0.25) is 0 Å². The summed E-state index contributed by atoms with van der Waals surface area (Å²) in [6.07, 6.45) is 0. The predicted molar refractivity (Wildman–Crippen MR) is 60.9 cm³/mol. The number of thioether (sulfide) groups is 1. The van der Waals surface area contributed by atoms with Crippen LogP contribution in [-0.2, 0) is 4.79 Å². The van der Waals surface area contributed by atoms with Gasteiger partial charge in [0.25, 0.3) is 0 Å². The summed E-state index contributed by atoms with van der Waals surface area (Å²) < 4.78 is 0. The van der Waals surface area contributed by atoms with Crippen molar-refractivity contribution in [3.8, 4) is 0 Å². The summed E-state index contributed by atoms with van der Waals surface area (Å²) in [5, 5.41) is 12.1. The van der Waals surface area contributed by atoms with Gasteiger partial charge in [-0.25, -0.2) is 0 Å². The van der Waals surface area contributed by atoms with E-state index in [1.54, 1.807) is 11.8 Å². The van der Waals surface area contributed by atoms with Crippen LogP contribution in [0.25, 0.3) is 0 Å². The van der Waals surface area contributed by atoms with Crippen LogP contribution in [0, 0.1) is 6.92 Å². The normalized spacial score (nSPS) is 25.4. The van der Waals surface area contributed by atoms with E-state index in [4.69, 9.17) is 5.11 Å². The van der Waals surface area contributed by atoms with Crippen molar-refractivity contribution >= 4 is 17.7 Å². The topological polar surface area (TPSA) is 49.3 Å². The molecule has 1 aliphatic heterocycles. The Morgan fingerprint density at radius 2 is 2.40 bits per heavy atom. The lowest BCUT2D eigenvalue weighted by molar-refractivity contribution is -0.138. The summed E-state index contributed by atoms with van der Waals surface area (Å²) >= 11 is 1.65. The van der Waals surface area contributed by atoms with Crippen LogP contribution in [0.4, 0.5) is 0 Å². The number of aryl methyl sites for hydroxylation is 1. The highest BCUT2D eigenvalue weighted by molar-refractivity contribution is 7.99. The van der Waals surface area contributed by atoms with E-state index in [1.165, 1.54) is 5.56 Å². The van der Waals surface area contributed by atoms with Gasteiger partial charge in [0.2, 0.25) is 0 Å². The summed E-state index contributed by atoms with van der Waals surface area (Å²) in [7, 11) is 0. The minimum Gasteiger partial charge on any atom is -0.480 e. The molecule has 1 fully saturated rings. The lowest BCUT2D eigenvalue weighted by Gasteiger charge is -2.11. The van der Waals surface area contributed by atoms with Gasteiger partial charge in [0, 0.05) is 5.75 Å². The zero-order chi connectivity index (χ0) is 10.8. The molecular formula is C11H13NO2S. The molecule has 0 bridgehead atoms. The minimum absolute atomic E-state index is 0.117. The average Bonchev–Trinajstić information content (AvgIpc) is 2.66. The second-order valence-corrected chi connectivity index (χ2v) is 4.82. The molecular weight excluding hydrogens is 210 g/mol. The Morgan fingerprint density at radius 1 is 1.60 bits per heavy atom. The average molecular weight is 223 g/mol. The second-order valence-electron chi connectivity index (χ2n) is 3.69. The molecule has 15 heavy (non-hydrogen) atoms. The summed E-state index contributed by atoms with van der Waals surface area (Å²) in [5.74, 6) is -0.133. The molecule has 80 valence electrons. The van der Waals surface area contributed by atoms with Crippen LogP contribution < -0.4 is 5.32 Å². The molecule has 1 aromatic carbocycles. The summed E-state index contributed by atoms with van der Waals surface area (Å²) in [5.41, 5.74) is 2.36. The Kier molecular flexibility index (Phi) is 2.98. The van der Waals surface area contributed by atoms with Gasteiger partial charge in [0.15, 0.2) is 0 Å². The maximum Gasteiger partial charge on any atom is 0.321 e. The fraction of sp³-hybridized carbons (Fsp3) is 0.364. The number of benzene rings is 1. The van der Waals surface area contributed by atoms with Gasteiger partial charge >= 0.3 is 5.97 Å². The first-order valence-corrected chi connectivity index (χ1v) is 5.89. The fourth-order valence-corrected chi connectivity index (χ4v) is 2.86. The SMILES string of the molecule is Cc1cccc(C2N[C@H](C(=O)O)CS2)c1. The maximum absolute atomic E-state index is 10.8.